The minimum absolute atomic E-state index is 0.351. The van der Waals surface area contributed by atoms with Crippen LogP contribution in [0.25, 0.3) is 33.5 Å². The number of rotatable bonds is 9. The molecule has 0 aliphatic rings. The van der Waals surface area contributed by atoms with E-state index < -0.39 is 0 Å². The van der Waals surface area contributed by atoms with E-state index in [9.17, 15) is 4.79 Å². The van der Waals surface area contributed by atoms with Gasteiger partial charge in [-0.3, -0.25) is 4.57 Å². The summed E-state index contributed by atoms with van der Waals surface area (Å²) in [5.41, 5.74) is 5.30. The molecular weight excluding hydrogens is 484 g/mol. The summed E-state index contributed by atoms with van der Waals surface area (Å²) in [6.45, 7) is 1.12. The van der Waals surface area contributed by atoms with Gasteiger partial charge in [0.15, 0.2) is 11.0 Å². The predicted molar refractivity (Wildman–Crippen MR) is 145 cm³/mol. The molecule has 186 valence electrons. The van der Waals surface area contributed by atoms with E-state index in [-0.39, 0.29) is 5.97 Å². The number of esters is 1. The fourth-order valence-corrected chi connectivity index (χ4v) is 5.06. The van der Waals surface area contributed by atoms with Crippen molar-refractivity contribution in [1.82, 2.24) is 19.7 Å². The molecule has 0 atom stereocenters. The lowest BCUT2D eigenvalue weighted by molar-refractivity contribution is 0.0600. The van der Waals surface area contributed by atoms with Crippen molar-refractivity contribution >= 4 is 28.6 Å². The van der Waals surface area contributed by atoms with Crippen molar-refractivity contribution in [3.63, 3.8) is 0 Å². The molecule has 5 rings (SSSR count). The maximum Gasteiger partial charge on any atom is 0.337 e. The van der Waals surface area contributed by atoms with E-state index in [1.54, 1.807) is 24.9 Å². The number of para-hydroxylation sites is 1. The first-order valence-corrected chi connectivity index (χ1v) is 12.8. The smallest absolute Gasteiger partial charge is 0.337 e. The minimum atomic E-state index is -0.351. The first kappa shape index (κ1) is 24.7. The fourth-order valence-electron chi connectivity index (χ4n) is 4.15. The third-order valence-corrected chi connectivity index (χ3v) is 7.02. The molecular formula is C29H26N4O3S. The summed E-state index contributed by atoms with van der Waals surface area (Å²) in [4.78, 5) is 16.8. The molecule has 37 heavy (non-hydrogen) atoms. The molecule has 0 N–H and O–H groups in total. The Labute approximate surface area is 219 Å². The number of carbonyl (C=O) groups excluding carboxylic acids is 1. The summed E-state index contributed by atoms with van der Waals surface area (Å²) in [5, 5.41) is 11.0. The monoisotopic (exact) mass is 510 g/mol. The van der Waals surface area contributed by atoms with Gasteiger partial charge in [0.1, 0.15) is 0 Å². The van der Waals surface area contributed by atoms with Crippen molar-refractivity contribution in [2.24, 2.45) is 0 Å². The predicted octanol–water partition coefficient (Wildman–Crippen LogP) is 5.89. The summed E-state index contributed by atoms with van der Waals surface area (Å²) in [6.07, 6.45) is 0. The molecule has 0 saturated carbocycles. The van der Waals surface area contributed by atoms with Gasteiger partial charge in [0.25, 0.3) is 0 Å². The number of pyridine rings is 1. The molecule has 3 aromatic carbocycles. The van der Waals surface area contributed by atoms with Crippen molar-refractivity contribution in [2.75, 3.05) is 20.8 Å². The molecule has 0 aliphatic carbocycles. The molecule has 0 bridgehead atoms. The highest BCUT2D eigenvalue weighted by Gasteiger charge is 2.19. The number of carbonyl (C=O) groups is 1. The van der Waals surface area contributed by atoms with Crippen LogP contribution in [0.5, 0.6) is 0 Å². The average Bonchev–Trinajstić information content (AvgIpc) is 3.36. The Kier molecular flexibility index (Phi) is 7.58. The number of benzene rings is 3. The number of thioether (sulfide) groups is 1. The van der Waals surface area contributed by atoms with Gasteiger partial charge in [-0.15, -0.1) is 10.2 Å². The number of hydrogen-bond acceptors (Lipinski definition) is 7. The van der Waals surface area contributed by atoms with Gasteiger partial charge in [-0.2, -0.15) is 0 Å². The zero-order valence-corrected chi connectivity index (χ0v) is 21.4. The van der Waals surface area contributed by atoms with Crippen LogP contribution in [-0.2, 0) is 21.8 Å². The van der Waals surface area contributed by atoms with Gasteiger partial charge in [-0.1, -0.05) is 72.4 Å². The molecule has 0 amide bonds. The first-order chi connectivity index (χ1) is 18.2. The molecule has 0 spiro atoms. The third kappa shape index (κ3) is 5.40. The molecule has 5 aromatic rings. The number of aromatic nitrogens is 4. The Balaban J connectivity index is 1.54. The van der Waals surface area contributed by atoms with E-state index in [2.05, 4.69) is 39.0 Å². The molecule has 0 fully saturated rings. The van der Waals surface area contributed by atoms with Gasteiger partial charge < -0.3 is 9.47 Å². The zero-order chi connectivity index (χ0) is 25.6. The second-order valence-corrected chi connectivity index (χ2v) is 9.31. The van der Waals surface area contributed by atoms with Crippen LogP contribution < -0.4 is 0 Å². The number of hydrogen-bond donors (Lipinski definition) is 0. The quantitative estimate of drug-likeness (QED) is 0.181. The van der Waals surface area contributed by atoms with Crippen molar-refractivity contribution in [3.8, 4) is 22.6 Å². The van der Waals surface area contributed by atoms with E-state index in [4.69, 9.17) is 14.5 Å². The summed E-state index contributed by atoms with van der Waals surface area (Å²) < 4.78 is 12.4. The number of ether oxygens (including phenoxy) is 2. The Morgan fingerprint density at radius 2 is 1.73 bits per heavy atom. The Morgan fingerprint density at radius 1 is 0.919 bits per heavy atom. The lowest BCUT2D eigenvalue weighted by atomic mass is 10.0. The Morgan fingerprint density at radius 3 is 2.54 bits per heavy atom. The van der Waals surface area contributed by atoms with Crippen LogP contribution >= 0.6 is 11.8 Å². The van der Waals surface area contributed by atoms with Gasteiger partial charge in [0, 0.05) is 29.4 Å². The highest BCUT2D eigenvalue weighted by atomic mass is 32.2. The molecule has 2 heterocycles. The number of methoxy groups -OCH3 is 2. The average molecular weight is 511 g/mol. The molecule has 0 aliphatic heterocycles. The number of nitrogens with zero attached hydrogens (tertiary/aromatic N) is 4. The van der Waals surface area contributed by atoms with E-state index >= 15 is 0 Å². The summed E-state index contributed by atoms with van der Waals surface area (Å²) in [5.74, 6) is 1.04. The lowest BCUT2D eigenvalue weighted by Gasteiger charge is -2.13. The largest absolute Gasteiger partial charge is 0.465 e. The van der Waals surface area contributed by atoms with E-state index in [1.165, 1.54) is 7.11 Å². The summed E-state index contributed by atoms with van der Waals surface area (Å²) in [6, 6.07) is 27.7. The standard InChI is InChI=1S/C29H26N4O3S/c1-35-16-15-33-27(31-32-29(33)37-19-20-9-8-12-22(17-20)28(34)36-2)24-18-26(21-10-4-3-5-11-21)30-25-14-7-6-13-23(24)25/h3-14,17-18H,15-16,19H2,1-2H3. The third-order valence-electron chi connectivity index (χ3n) is 5.98. The van der Waals surface area contributed by atoms with Crippen molar-refractivity contribution in [1.29, 1.82) is 0 Å². The van der Waals surface area contributed by atoms with Gasteiger partial charge in [-0.25, -0.2) is 9.78 Å². The van der Waals surface area contributed by atoms with E-state index in [0.717, 1.165) is 44.3 Å². The van der Waals surface area contributed by atoms with E-state index in [0.29, 0.717) is 24.5 Å². The van der Waals surface area contributed by atoms with Crippen LogP contribution in [0, 0.1) is 0 Å². The molecule has 2 aromatic heterocycles. The molecule has 7 nitrogen and oxygen atoms in total. The Hall–Kier alpha value is -4.01. The minimum Gasteiger partial charge on any atom is -0.465 e. The maximum atomic E-state index is 11.9. The summed E-state index contributed by atoms with van der Waals surface area (Å²) >= 11 is 1.57. The van der Waals surface area contributed by atoms with Crippen molar-refractivity contribution in [3.05, 3.63) is 96.1 Å². The topological polar surface area (TPSA) is 79.1 Å². The molecule has 0 unspecified atom stereocenters. The lowest BCUT2D eigenvalue weighted by Crippen LogP contribution is -2.08. The van der Waals surface area contributed by atoms with Gasteiger partial charge >= 0.3 is 5.97 Å². The van der Waals surface area contributed by atoms with Crippen LogP contribution in [0.3, 0.4) is 0 Å². The van der Waals surface area contributed by atoms with Crippen LogP contribution in [0.4, 0.5) is 0 Å². The molecule has 0 radical (unpaired) electrons. The van der Waals surface area contributed by atoms with Crippen LogP contribution in [0.1, 0.15) is 15.9 Å². The maximum absolute atomic E-state index is 11.9. The fraction of sp³-hybridized carbons (Fsp3) is 0.172. The van der Waals surface area contributed by atoms with Gasteiger partial charge in [0.05, 0.1) is 37.0 Å². The highest BCUT2D eigenvalue weighted by Crippen LogP contribution is 2.33. The highest BCUT2D eigenvalue weighted by molar-refractivity contribution is 7.98. The normalized spacial score (nSPS) is 11.1. The molecule has 0 saturated heterocycles. The number of fused-ring (bicyclic) bond motifs is 1. The first-order valence-electron chi connectivity index (χ1n) is 11.9. The zero-order valence-electron chi connectivity index (χ0n) is 20.6. The SMILES string of the molecule is COCCn1c(SCc2cccc(C(=O)OC)c2)nnc1-c1cc(-c2ccccc2)nc2ccccc12. The Bertz CT molecular complexity index is 1540. The second kappa shape index (κ2) is 11.4. The molecule has 8 heteroatoms. The van der Waals surface area contributed by atoms with Crippen LogP contribution in [-0.4, -0.2) is 46.5 Å². The van der Waals surface area contributed by atoms with Gasteiger partial charge in [0.2, 0.25) is 0 Å². The van der Waals surface area contributed by atoms with Crippen molar-refractivity contribution in [2.45, 2.75) is 17.5 Å². The van der Waals surface area contributed by atoms with Crippen LogP contribution in [0.2, 0.25) is 0 Å². The van der Waals surface area contributed by atoms with Gasteiger partial charge in [-0.05, 0) is 29.8 Å². The van der Waals surface area contributed by atoms with Crippen LogP contribution in [0.15, 0.2) is 90.1 Å². The van der Waals surface area contributed by atoms with E-state index in [1.807, 2.05) is 54.6 Å². The van der Waals surface area contributed by atoms with Crippen molar-refractivity contribution < 1.29 is 14.3 Å². The second-order valence-electron chi connectivity index (χ2n) is 8.37. The summed E-state index contributed by atoms with van der Waals surface area (Å²) in [7, 11) is 3.07.